The monoisotopic (exact) mass is 486 g/mol. The van der Waals surface area contributed by atoms with Crippen molar-refractivity contribution in [3.63, 3.8) is 0 Å². The van der Waals surface area contributed by atoms with Crippen LogP contribution in [-0.4, -0.2) is 66.7 Å². The zero-order valence-electron chi connectivity index (χ0n) is 15.9. The van der Waals surface area contributed by atoms with Crippen molar-refractivity contribution >= 4 is 40.6 Å². The van der Waals surface area contributed by atoms with E-state index in [0.29, 0.717) is 40.9 Å². The van der Waals surface area contributed by atoms with E-state index in [1.807, 2.05) is 43.4 Å². The molecule has 2 aliphatic heterocycles. The molecule has 2 amide bonds. The first kappa shape index (κ1) is 19.9. The summed E-state index contributed by atoms with van der Waals surface area (Å²) in [5.41, 5.74) is 0.479. The largest absolute Gasteiger partial charge is 0.465 e. The van der Waals surface area contributed by atoms with Crippen LogP contribution in [0.2, 0.25) is 0 Å². The number of halogens is 1. The Balaban J connectivity index is 1.55. The van der Waals surface area contributed by atoms with Crippen molar-refractivity contribution in [2.75, 3.05) is 33.3 Å². The third kappa shape index (κ3) is 4.04. The minimum absolute atomic E-state index is 0.00826. The molecule has 3 rings (SSSR count). The first-order chi connectivity index (χ1) is 12.5. The fourth-order valence-electron chi connectivity index (χ4n) is 3.43. The van der Waals surface area contributed by atoms with Gasteiger partial charge < -0.3 is 19.3 Å². The van der Waals surface area contributed by atoms with Crippen molar-refractivity contribution < 1.29 is 23.9 Å². The summed E-state index contributed by atoms with van der Waals surface area (Å²) < 4.78 is 10.8. The molecule has 2 fully saturated rings. The summed E-state index contributed by atoms with van der Waals surface area (Å²) in [6, 6.07) is 4.97. The zero-order chi connectivity index (χ0) is 20.0. The Bertz CT molecular complexity index is 788. The number of nitrogens with zero attached hydrogens (tertiary/aromatic N) is 2. The van der Waals surface area contributed by atoms with Crippen LogP contribution in [0, 0.1) is 8.99 Å². The topological polar surface area (TPSA) is 76.2 Å². The van der Waals surface area contributed by atoms with Gasteiger partial charge in [0.1, 0.15) is 5.60 Å². The summed E-state index contributed by atoms with van der Waals surface area (Å²) in [6.07, 6.45) is -0.300. The molecule has 0 bridgehead atoms. The van der Waals surface area contributed by atoms with Crippen LogP contribution in [0.25, 0.3) is 0 Å². The molecule has 2 saturated heterocycles. The smallest absolute Gasteiger partial charge is 0.410 e. The number of carbonyl (C=O) groups is 3. The van der Waals surface area contributed by atoms with Crippen LogP contribution in [-0.2, 0) is 9.47 Å². The highest BCUT2D eigenvalue weighted by Crippen LogP contribution is 2.40. The molecule has 8 heteroatoms. The van der Waals surface area contributed by atoms with Crippen LogP contribution < -0.4 is 0 Å². The Kier molecular flexibility index (Phi) is 5.13. The van der Waals surface area contributed by atoms with E-state index >= 15 is 0 Å². The van der Waals surface area contributed by atoms with Crippen LogP contribution in [0.4, 0.5) is 4.79 Å². The molecule has 1 aromatic rings. The van der Waals surface area contributed by atoms with Crippen molar-refractivity contribution in [1.29, 1.82) is 0 Å². The summed E-state index contributed by atoms with van der Waals surface area (Å²) in [4.78, 5) is 39.8. The Morgan fingerprint density at radius 2 is 1.67 bits per heavy atom. The lowest BCUT2D eigenvalue weighted by Crippen LogP contribution is -2.73. The second-order valence-corrected chi connectivity index (χ2v) is 9.35. The Hall–Kier alpha value is -1.84. The highest BCUT2D eigenvalue weighted by molar-refractivity contribution is 14.1. The first-order valence-corrected chi connectivity index (χ1v) is 9.77. The molecule has 0 aromatic heterocycles. The molecular weight excluding hydrogens is 463 g/mol. The van der Waals surface area contributed by atoms with Gasteiger partial charge in [0, 0.05) is 40.7 Å². The van der Waals surface area contributed by atoms with Crippen molar-refractivity contribution in [3.8, 4) is 0 Å². The van der Waals surface area contributed by atoms with E-state index in [1.165, 1.54) is 7.11 Å². The predicted octanol–water partition coefficient (Wildman–Crippen LogP) is 2.77. The minimum atomic E-state index is -0.505. The highest BCUT2D eigenvalue weighted by Gasteiger charge is 2.55. The molecule has 1 spiro atoms. The summed E-state index contributed by atoms with van der Waals surface area (Å²) in [7, 11) is 1.33. The van der Waals surface area contributed by atoms with E-state index in [0.717, 1.165) is 0 Å². The number of carbonyl (C=O) groups excluding carboxylic acids is 3. The number of esters is 1. The second kappa shape index (κ2) is 6.96. The highest BCUT2D eigenvalue weighted by atomic mass is 127. The molecule has 0 aliphatic carbocycles. The summed E-state index contributed by atoms with van der Waals surface area (Å²) in [6.45, 7) is 8.01. The molecule has 27 heavy (non-hydrogen) atoms. The van der Waals surface area contributed by atoms with Crippen molar-refractivity contribution in [2.24, 2.45) is 5.41 Å². The fourth-order valence-corrected chi connectivity index (χ4v) is 4.17. The average molecular weight is 486 g/mol. The lowest BCUT2D eigenvalue weighted by Gasteiger charge is -2.59. The predicted molar refractivity (Wildman–Crippen MR) is 107 cm³/mol. The van der Waals surface area contributed by atoms with Gasteiger partial charge in [0.2, 0.25) is 0 Å². The molecular formula is C19H23IN2O5. The molecule has 2 heterocycles. The van der Waals surface area contributed by atoms with E-state index in [1.54, 1.807) is 28.0 Å². The Morgan fingerprint density at radius 3 is 2.19 bits per heavy atom. The maximum atomic E-state index is 12.7. The van der Waals surface area contributed by atoms with Crippen LogP contribution in [0.5, 0.6) is 0 Å². The summed E-state index contributed by atoms with van der Waals surface area (Å²) >= 11 is 2.03. The number of hydrogen-bond donors (Lipinski definition) is 0. The number of hydrogen-bond acceptors (Lipinski definition) is 5. The van der Waals surface area contributed by atoms with Crippen LogP contribution in [0.15, 0.2) is 18.2 Å². The van der Waals surface area contributed by atoms with Crippen molar-refractivity contribution in [3.05, 3.63) is 32.9 Å². The van der Waals surface area contributed by atoms with Gasteiger partial charge >= 0.3 is 12.1 Å². The van der Waals surface area contributed by atoms with Gasteiger partial charge in [-0.1, -0.05) is 0 Å². The van der Waals surface area contributed by atoms with E-state index in [4.69, 9.17) is 9.47 Å². The maximum Gasteiger partial charge on any atom is 0.410 e. The molecule has 0 N–H and O–H groups in total. The number of ether oxygens (including phenoxy) is 2. The molecule has 0 atom stereocenters. The van der Waals surface area contributed by atoms with Gasteiger partial charge in [-0.2, -0.15) is 0 Å². The summed E-state index contributed by atoms with van der Waals surface area (Å²) in [5, 5.41) is 0. The van der Waals surface area contributed by atoms with Crippen molar-refractivity contribution in [2.45, 2.75) is 26.4 Å². The van der Waals surface area contributed by atoms with Gasteiger partial charge in [0.25, 0.3) is 5.91 Å². The Morgan fingerprint density at radius 1 is 1.07 bits per heavy atom. The van der Waals surface area contributed by atoms with Gasteiger partial charge in [-0.15, -0.1) is 0 Å². The molecule has 0 saturated carbocycles. The molecule has 0 unspecified atom stereocenters. The van der Waals surface area contributed by atoms with E-state index < -0.39 is 11.6 Å². The van der Waals surface area contributed by atoms with Crippen LogP contribution >= 0.6 is 22.6 Å². The van der Waals surface area contributed by atoms with E-state index in [-0.39, 0.29) is 17.4 Å². The number of benzene rings is 1. The standard InChI is InChI=1S/C19H23IN2O5/c1-18(2,3)27-17(25)22-10-19(11-22)8-21(9-19)15(23)12-5-6-13(14(20)7-12)16(24)26-4/h5-7H,8-11H2,1-4H3. The third-order valence-electron chi connectivity index (χ3n) is 4.67. The molecule has 7 nitrogen and oxygen atoms in total. The fraction of sp³-hybridized carbons (Fsp3) is 0.526. The Labute approximate surface area is 172 Å². The van der Waals surface area contributed by atoms with E-state index in [2.05, 4.69) is 0 Å². The zero-order valence-corrected chi connectivity index (χ0v) is 18.0. The molecule has 2 aliphatic rings. The quantitative estimate of drug-likeness (QED) is 0.475. The number of methoxy groups -OCH3 is 1. The minimum Gasteiger partial charge on any atom is -0.465 e. The second-order valence-electron chi connectivity index (χ2n) is 8.18. The number of likely N-dealkylation sites (tertiary alicyclic amines) is 2. The number of amides is 2. The van der Waals surface area contributed by atoms with Gasteiger partial charge in [-0.25, -0.2) is 9.59 Å². The van der Waals surface area contributed by atoms with Gasteiger partial charge in [-0.3, -0.25) is 4.79 Å². The van der Waals surface area contributed by atoms with Gasteiger partial charge in [0.15, 0.2) is 0 Å². The third-order valence-corrected chi connectivity index (χ3v) is 5.56. The van der Waals surface area contributed by atoms with Crippen molar-refractivity contribution in [1.82, 2.24) is 9.80 Å². The van der Waals surface area contributed by atoms with Gasteiger partial charge in [-0.05, 0) is 61.6 Å². The van der Waals surface area contributed by atoms with Gasteiger partial charge in [0.05, 0.1) is 12.7 Å². The molecule has 146 valence electrons. The molecule has 0 radical (unpaired) electrons. The lowest BCUT2D eigenvalue weighted by atomic mass is 9.73. The summed E-state index contributed by atoms with van der Waals surface area (Å²) in [5.74, 6) is -0.483. The van der Waals surface area contributed by atoms with E-state index in [9.17, 15) is 14.4 Å². The first-order valence-electron chi connectivity index (χ1n) is 8.69. The van der Waals surface area contributed by atoms with Crippen LogP contribution in [0.1, 0.15) is 41.5 Å². The van der Waals surface area contributed by atoms with Crippen LogP contribution in [0.3, 0.4) is 0 Å². The SMILES string of the molecule is COC(=O)c1ccc(C(=O)N2CC3(CN(C(=O)OC(C)(C)C)C3)C2)cc1I. The lowest BCUT2D eigenvalue weighted by molar-refractivity contribution is -0.0980. The average Bonchev–Trinajstić information content (AvgIpc) is 2.49. The molecule has 1 aromatic carbocycles. The number of rotatable bonds is 2. The maximum absolute atomic E-state index is 12.7. The normalized spacial score (nSPS) is 17.8.